The van der Waals surface area contributed by atoms with Crippen molar-refractivity contribution in [2.75, 3.05) is 59.5 Å². The molecule has 2 fully saturated rings. The third-order valence-electron chi connectivity index (χ3n) is 5.54. The van der Waals surface area contributed by atoms with Crippen molar-refractivity contribution in [3.63, 3.8) is 0 Å². The van der Waals surface area contributed by atoms with E-state index in [4.69, 9.17) is 9.73 Å². The fourth-order valence-corrected chi connectivity index (χ4v) is 3.76. The number of nitrogens with zero attached hydrogens (tertiary/aromatic N) is 3. The molecule has 2 N–H and O–H groups in total. The summed E-state index contributed by atoms with van der Waals surface area (Å²) in [5, 5.41) is 6.88. The number of rotatable bonds is 8. The minimum atomic E-state index is 0. The quantitative estimate of drug-likeness (QED) is 0.316. The van der Waals surface area contributed by atoms with Crippen LogP contribution in [0.1, 0.15) is 46.5 Å². The van der Waals surface area contributed by atoms with E-state index in [1.54, 1.807) is 0 Å². The van der Waals surface area contributed by atoms with Crippen molar-refractivity contribution in [2.24, 2.45) is 4.99 Å². The number of halogens is 1. The number of hydrogen-bond acceptors (Lipinski definition) is 4. The van der Waals surface area contributed by atoms with Gasteiger partial charge in [-0.1, -0.05) is 12.8 Å². The normalized spacial score (nSPS) is 20.3. The van der Waals surface area contributed by atoms with E-state index in [0.717, 1.165) is 64.5 Å². The second kappa shape index (κ2) is 12.4. The van der Waals surface area contributed by atoms with E-state index in [9.17, 15) is 0 Å². The van der Waals surface area contributed by atoms with Crippen LogP contribution >= 0.6 is 24.0 Å². The summed E-state index contributed by atoms with van der Waals surface area (Å²) >= 11 is 0. The molecule has 154 valence electrons. The first-order valence-electron chi connectivity index (χ1n) is 10.1. The molecule has 0 spiro atoms. The van der Waals surface area contributed by atoms with E-state index < -0.39 is 0 Å². The zero-order valence-electron chi connectivity index (χ0n) is 17.2. The highest BCUT2D eigenvalue weighted by Crippen LogP contribution is 2.21. The third kappa shape index (κ3) is 7.86. The van der Waals surface area contributed by atoms with Crippen molar-refractivity contribution < 1.29 is 4.74 Å². The highest BCUT2D eigenvalue weighted by Gasteiger charge is 2.28. The fourth-order valence-electron chi connectivity index (χ4n) is 3.76. The van der Waals surface area contributed by atoms with E-state index in [2.05, 4.69) is 48.3 Å². The van der Waals surface area contributed by atoms with Gasteiger partial charge in [-0.05, 0) is 40.7 Å². The summed E-state index contributed by atoms with van der Waals surface area (Å²) in [6.07, 6.45) is 5.50. The van der Waals surface area contributed by atoms with Gasteiger partial charge in [-0.2, -0.15) is 0 Å². The lowest BCUT2D eigenvalue weighted by Crippen LogP contribution is -2.52. The number of guanidine groups is 1. The molecule has 26 heavy (non-hydrogen) atoms. The SMILES string of the molecule is CCNC(=NCC(C)(C)N1CCOCC1)NCCN(C)C1CCCC1.I. The van der Waals surface area contributed by atoms with E-state index in [1.165, 1.54) is 25.7 Å². The Balaban J connectivity index is 0.00000338. The molecule has 1 aliphatic carbocycles. The number of ether oxygens (including phenoxy) is 1. The van der Waals surface area contributed by atoms with Crippen molar-refractivity contribution >= 4 is 29.9 Å². The number of nitrogens with one attached hydrogen (secondary N) is 2. The Morgan fingerprint density at radius 2 is 1.85 bits per heavy atom. The summed E-state index contributed by atoms with van der Waals surface area (Å²) in [7, 11) is 2.25. The summed E-state index contributed by atoms with van der Waals surface area (Å²) < 4.78 is 5.47. The van der Waals surface area contributed by atoms with Crippen LogP contribution in [-0.4, -0.2) is 86.9 Å². The second-order valence-corrected chi connectivity index (χ2v) is 7.95. The molecule has 0 aromatic rings. The van der Waals surface area contributed by atoms with Crippen LogP contribution in [0.5, 0.6) is 0 Å². The van der Waals surface area contributed by atoms with Gasteiger partial charge in [0.1, 0.15) is 0 Å². The van der Waals surface area contributed by atoms with Gasteiger partial charge in [0.2, 0.25) is 0 Å². The maximum Gasteiger partial charge on any atom is 0.191 e. The molecule has 2 aliphatic rings. The molecular formula is C19H40IN5O. The molecule has 0 amide bonds. The van der Waals surface area contributed by atoms with Gasteiger partial charge >= 0.3 is 0 Å². The fraction of sp³-hybridized carbons (Fsp3) is 0.947. The highest BCUT2D eigenvalue weighted by atomic mass is 127. The Hall–Kier alpha value is -0.120. The maximum absolute atomic E-state index is 5.47. The zero-order valence-corrected chi connectivity index (χ0v) is 19.6. The molecule has 0 aromatic heterocycles. The van der Waals surface area contributed by atoms with Crippen molar-refractivity contribution in [1.29, 1.82) is 0 Å². The molecule has 0 atom stereocenters. The number of morpholine rings is 1. The molecule has 7 heteroatoms. The lowest BCUT2D eigenvalue weighted by molar-refractivity contribution is -0.00683. The summed E-state index contributed by atoms with van der Waals surface area (Å²) in [5.74, 6) is 0.934. The Morgan fingerprint density at radius 3 is 2.46 bits per heavy atom. The van der Waals surface area contributed by atoms with E-state index in [-0.39, 0.29) is 29.5 Å². The van der Waals surface area contributed by atoms with E-state index >= 15 is 0 Å². The molecule has 0 aromatic carbocycles. The van der Waals surface area contributed by atoms with Crippen molar-refractivity contribution in [1.82, 2.24) is 20.4 Å². The molecule has 0 unspecified atom stereocenters. The van der Waals surface area contributed by atoms with Gasteiger partial charge in [0, 0.05) is 44.3 Å². The first-order chi connectivity index (χ1) is 12.0. The van der Waals surface area contributed by atoms with Crippen molar-refractivity contribution in [3.05, 3.63) is 0 Å². The Morgan fingerprint density at radius 1 is 1.19 bits per heavy atom. The first-order valence-corrected chi connectivity index (χ1v) is 10.1. The van der Waals surface area contributed by atoms with Gasteiger partial charge in [-0.3, -0.25) is 9.89 Å². The van der Waals surface area contributed by atoms with Crippen LogP contribution in [0.4, 0.5) is 0 Å². The van der Waals surface area contributed by atoms with Crippen LogP contribution in [0, 0.1) is 0 Å². The lowest BCUT2D eigenvalue weighted by atomic mass is 10.0. The number of aliphatic imine (C=N–C) groups is 1. The second-order valence-electron chi connectivity index (χ2n) is 7.95. The minimum absolute atomic E-state index is 0. The summed E-state index contributed by atoms with van der Waals surface area (Å²) in [6.45, 7) is 14.0. The average molecular weight is 481 g/mol. The van der Waals surface area contributed by atoms with Gasteiger partial charge in [0.25, 0.3) is 0 Å². The molecule has 0 radical (unpaired) electrons. The summed E-state index contributed by atoms with van der Waals surface area (Å²) in [4.78, 5) is 9.83. The lowest BCUT2D eigenvalue weighted by Gasteiger charge is -2.39. The van der Waals surface area contributed by atoms with Crippen LogP contribution < -0.4 is 10.6 Å². The van der Waals surface area contributed by atoms with Gasteiger partial charge in [-0.25, -0.2) is 0 Å². The molecule has 6 nitrogen and oxygen atoms in total. The molecule has 1 heterocycles. The van der Waals surface area contributed by atoms with Crippen LogP contribution in [0.15, 0.2) is 4.99 Å². The first kappa shape index (κ1) is 23.9. The van der Waals surface area contributed by atoms with Crippen molar-refractivity contribution in [3.8, 4) is 0 Å². The number of hydrogen-bond donors (Lipinski definition) is 2. The third-order valence-corrected chi connectivity index (χ3v) is 5.54. The van der Waals surface area contributed by atoms with Crippen LogP contribution in [0.2, 0.25) is 0 Å². The monoisotopic (exact) mass is 481 g/mol. The predicted molar refractivity (Wildman–Crippen MR) is 121 cm³/mol. The van der Waals surface area contributed by atoms with Crippen LogP contribution in [0.25, 0.3) is 0 Å². The Labute approximate surface area is 177 Å². The molecule has 1 saturated carbocycles. The largest absolute Gasteiger partial charge is 0.379 e. The summed E-state index contributed by atoms with van der Waals surface area (Å²) in [5.41, 5.74) is 0.0623. The molecule has 0 bridgehead atoms. The van der Waals surface area contributed by atoms with Gasteiger partial charge in [0.05, 0.1) is 19.8 Å². The van der Waals surface area contributed by atoms with Crippen LogP contribution in [-0.2, 0) is 4.74 Å². The molecular weight excluding hydrogens is 441 g/mol. The average Bonchev–Trinajstić information content (AvgIpc) is 3.15. The molecule has 1 saturated heterocycles. The minimum Gasteiger partial charge on any atom is -0.379 e. The number of likely N-dealkylation sites (N-methyl/N-ethyl adjacent to an activating group) is 1. The maximum atomic E-state index is 5.47. The van der Waals surface area contributed by atoms with Crippen LogP contribution in [0.3, 0.4) is 0 Å². The van der Waals surface area contributed by atoms with E-state index in [0.29, 0.717) is 0 Å². The van der Waals surface area contributed by atoms with Gasteiger partial charge in [-0.15, -0.1) is 24.0 Å². The van der Waals surface area contributed by atoms with E-state index in [1.807, 2.05) is 0 Å². The topological polar surface area (TPSA) is 52.1 Å². The summed E-state index contributed by atoms with van der Waals surface area (Å²) in [6, 6.07) is 0.779. The Kier molecular flexibility index (Phi) is 11.4. The highest BCUT2D eigenvalue weighted by molar-refractivity contribution is 14.0. The predicted octanol–water partition coefficient (Wildman–Crippen LogP) is 2.14. The molecule has 1 aliphatic heterocycles. The zero-order chi connectivity index (χ0) is 18.1. The van der Waals surface area contributed by atoms with Crippen molar-refractivity contribution in [2.45, 2.75) is 58.0 Å². The standard InChI is InChI=1S/C19H39N5O.HI/c1-5-20-18(21-10-11-23(4)17-8-6-7-9-17)22-16-19(2,3)24-12-14-25-15-13-24;/h17H,5-16H2,1-4H3,(H2,20,21,22);1H. The van der Waals surface area contributed by atoms with Gasteiger partial charge < -0.3 is 20.3 Å². The van der Waals surface area contributed by atoms with Gasteiger partial charge in [0.15, 0.2) is 5.96 Å². The smallest absolute Gasteiger partial charge is 0.191 e. The molecule has 2 rings (SSSR count). The Bertz CT molecular complexity index is 407.